The zero-order chi connectivity index (χ0) is 36.7. The highest BCUT2D eigenvalue weighted by molar-refractivity contribution is 6.22. The van der Waals surface area contributed by atoms with Crippen molar-refractivity contribution in [3.63, 3.8) is 0 Å². The number of fused-ring (bicyclic) bond motifs is 10. The van der Waals surface area contributed by atoms with E-state index in [-0.39, 0.29) is 0 Å². The van der Waals surface area contributed by atoms with Gasteiger partial charge in [-0.05, 0) is 85.9 Å². The van der Waals surface area contributed by atoms with E-state index >= 15 is 0 Å². The molecule has 0 aliphatic heterocycles. The molecule has 260 valence electrons. The summed E-state index contributed by atoms with van der Waals surface area (Å²) in [5.74, 6) is 0.673. The smallest absolute Gasteiger partial charge is 0.180 e. The second-order valence-corrected chi connectivity index (χ2v) is 14.5. The van der Waals surface area contributed by atoms with Gasteiger partial charge in [-0.1, -0.05) is 146 Å². The molecule has 0 spiro atoms. The number of rotatable bonds is 4. The number of furan rings is 1. The van der Waals surface area contributed by atoms with E-state index in [1.54, 1.807) is 0 Å². The maximum absolute atomic E-state index is 6.76. The summed E-state index contributed by atoms with van der Waals surface area (Å²) < 4.78 is 9.14. The number of hydrogen-bond acceptors (Lipinski definition) is 3. The van der Waals surface area contributed by atoms with Crippen LogP contribution in [-0.2, 0) is 0 Å². The van der Waals surface area contributed by atoms with E-state index in [9.17, 15) is 0 Å². The Bertz CT molecular complexity index is 3530. The van der Waals surface area contributed by atoms with Crippen LogP contribution in [-0.4, -0.2) is 14.5 Å². The van der Waals surface area contributed by atoms with Gasteiger partial charge in [-0.3, -0.25) is 0 Å². The molecule has 0 amide bonds. The van der Waals surface area contributed by atoms with Crippen LogP contribution in [0.15, 0.2) is 192 Å². The van der Waals surface area contributed by atoms with Crippen molar-refractivity contribution < 1.29 is 4.42 Å². The topological polar surface area (TPSA) is 43.9 Å². The van der Waals surface area contributed by atoms with Gasteiger partial charge >= 0.3 is 0 Å². The molecule has 0 bridgehead atoms. The van der Waals surface area contributed by atoms with Gasteiger partial charge in [-0.25, -0.2) is 9.97 Å². The standard InChI is InChI=1S/C52H31N3O/c1-2-17-37(18-3-1)55-45-27-25-35(30-43(45)48-40-21-9-6-14-34(40)24-28-46(48)55)36-26-29-47-44(31-36)50-51(56-47)49(41-22-10-15-32-12-4-7-19-38(32)41)53-52(54-50)42-23-11-16-33-13-5-8-20-39(33)42/h1-31H. The van der Waals surface area contributed by atoms with E-state index in [0.29, 0.717) is 11.4 Å². The van der Waals surface area contributed by atoms with Gasteiger partial charge in [0, 0.05) is 33.0 Å². The SMILES string of the molecule is c1ccc(-n2c3ccc(-c4ccc5oc6c(-c7cccc8ccccc78)nc(-c7cccc8ccccc78)nc6c5c4)cc3c3c4ccccc4ccc32)cc1. The Morgan fingerprint density at radius 1 is 0.411 bits per heavy atom. The Labute approximate surface area is 321 Å². The molecule has 12 rings (SSSR count). The van der Waals surface area contributed by atoms with Crippen molar-refractivity contribution in [1.29, 1.82) is 0 Å². The van der Waals surface area contributed by atoms with Gasteiger partial charge in [0.25, 0.3) is 0 Å². The predicted molar refractivity (Wildman–Crippen MR) is 232 cm³/mol. The lowest BCUT2D eigenvalue weighted by atomic mass is 9.98. The molecule has 0 N–H and O–H groups in total. The van der Waals surface area contributed by atoms with Crippen molar-refractivity contribution >= 4 is 76.2 Å². The van der Waals surface area contributed by atoms with Gasteiger partial charge in [-0.15, -0.1) is 0 Å². The Morgan fingerprint density at radius 3 is 1.77 bits per heavy atom. The highest BCUT2D eigenvalue weighted by atomic mass is 16.3. The molecule has 56 heavy (non-hydrogen) atoms. The summed E-state index contributed by atoms with van der Waals surface area (Å²) in [5, 5.41) is 10.4. The van der Waals surface area contributed by atoms with E-state index in [1.165, 1.54) is 32.6 Å². The van der Waals surface area contributed by atoms with Gasteiger partial charge in [0.15, 0.2) is 11.4 Å². The number of para-hydroxylation sites is 1. The zero-order valence-electron chi connectivity index (χ0n) is 30.1. The lowest BCUT2D eigenvalue weighted by Crippen LogP contribution is -1.95. The van der Waals surface area contributed by atoms with Gasteiger partial charge in [0.1, 0.15) is 16.8 Å². The number of aromatic nitrogens is 3. The summed E-state index contributed by atoms with van der Waals surface area (Å²) in [5.41, 5.74) is 10.8. The van der Waals surface area contributed by atoms with Crippen molar-refractivity contribution in [2.75, 3.05) is 0 Å². The van der Waals surface area contributed by atoms with Crippen molar-refractivity contribution in [2.24, 2.45) is 0 Å². The number of benzene rings is 9. The first-order valence-electron chi connectivity index (χ1n) is 19.0. The second-order valence-electron chi connectivity index (χ2n) is 14.5. The summed E-state index contributed by atoms with van der Waals surface area (Å²) >= 11 is 0. The Morgan fingerprint density at radius 2 is 1.00 bits per heavy atom. The molecule has 0 atom stereocenters. The monoisotopic (exact) mass is 713 g/mol. The second kappa shape index (κ2) is 12.0. The van der Waals surface area contributed by atoms with E-state index < -0.39 is 0 Å². The lowest BCUT2D eigenvalue weighted by Gasteiger charge is -2.10. The predicted octanol–water partition coefficient (Wildman–Crippen LogP) is 13.9. The molecule has 0 aliphatic rings. The average Bonchev–Trinajstić information content (AvgIpc) is 3.81. The molecule has 4 heteroatoms. The molecule has 4 nitrogen and oxygen atoms in total. The Balaban J connectivity index is 1.12. The molecule has 0 saturated heterocycles. The minimum Gasteiger partial charge on any atom is -0.452 e. The van der Waals surface area contributed by atoms with Crippen LogP contribution in [0, 0.1) is 0 Å². The Hall–Kier alpha value is -7.56. The van der Waals surface area contributed by atoms with Crippen LogP contribution < -0.4 is 0 Å². The molecule has 0 fully saturated rings. The van der Waals surface area contributed by atoms with E-state index in [1.807, 2.05) is 0 Å². The lowest BCUT2D eigenvalue weighted by molar-refractivity contribution is 0.667. The van der Waals surface area contributed by atoms with Gasteiger partial charge in [0.2, 0.25) is 0 Å². The third-order valence-electron chi connectivity index (χ3n) is 11.4. The third kappa shape index (κ3) is 4.60. The molecular formula is C52H31N3O. The third-order valence-corrected chi connectivity index (χ3v) is 11.4. The first-order valence-corrected chi connectivity index (χ1v) is 19.0. The van der Waals surface area contributed by atoms with Crippen molar-refractivity contribution in [1.82, 2.24) is 14.5 Å². The van der Waals surface area contributed by atoms with Crippen LogP contribution in [0.4, 0.5) is 0 Å². The van der Waals surface area contributed by atoms with Crippen molar-refractivity contribution in [3.05, 3.63) is 188 Å². The van der Waals surface area contributed by atoms with Crippen LogP contribution in [0.1, 0.15) is 0 Å². The molecule has 0 unspecified atom stereocenters. The first-order chi connectivity index (χ1) is 27.8. The van der Waals surface area contributed by atoms with Crippen LogP contribution in [0.5, 0.6) is 0 Å². The summed E-state index contributed by atoms with van der Waals surface area (Å²) in [6.07, 6.45) is 0. The fourth-order valence-electron chi connectivity index (χ4n) is 8.80. The molecule has 9 aromatic carbocycles. The van der Waals surface area contributed by atoms with E-state index in [4.69, 9.17) is 14.4 Å². The number of nitrogens with zero attached hydrogens (tertiary/aromatic N) is 3. The quantitative estimate of drug-likeness (QED) is 0.182. The molecule has 3 aromatic heterocycles. The molecule has 0 radical (unpaired) electrons. The summed E-state index contributed by atoms with van der Waals surface area (Å²) in [6, 6.07) is 66.8. The summed E-state index contributed by atoms with van der Waals surface area (Å²) in [7, 11) is 0. The maximum Gasteiger partial charge on any atom is 0.180 e. The number of hydrogen-bond donors (Lipinski definition) is 0. The molecule has 0 saturated carbocycles. The van der Waals surface area contributed by atoms with Crippen LogP contribution in [0.3, 0.4) is 0 Å². The van der Waals surface area contributed by atoms with Crippen molar-refractivity contribution in [2.45, 2.75) is 0 Å². The summed E-state index contributed by atoms with van der Waals surface area (Å²) in [4.78, 5) is 10.7. The fraction of sp³-hybridized carbons (Fsp3) is 0. The average molecular weight is 714 g/mol. The van der Waals surface area contributed by atoms with Crippen LogP contribution in [0.2, 0.25) is 0 Å². The molecule has 0 aliphatic carbocycles. The summed E-state index contributed by atoms with van der Waals surface area (Å²) in [6.45, 7) is 0. The Kier molecular flexibility index (Phi) is 6.60. The van der Waals surface area contributed by atoms with Gasteiger partial charge in [0.05, 0.1) is 11.0 Å². The van der Waals surface area contributed by atoms with Gasteiger partial charge in [-0.2, -0.15) is 0 Å². The van der Waals surface area contributed by atoms with Crippen LogP contribution >= 0.6 is 0 Å². The molecule has 3 heterocycles. The fourth-order valence-corrected chi connectivity index (χ4v) is 8.80. The van der Waals surface area contributed by atoms with Crippen molar-refractivity contribution in [3.8, 4) is 39.5 Å². The highest BCUT2D eigenvalue weighted by Crippen LogP contribution is 2.42. The van der Waals surface area contributed by atoms with Gasteiger partial charge < -0.3 is 8.98 Å². The highest BCUT2D eigenvalue weighted by Gasteiger charge is 2.22. The normalized spacial score (nSPS) is 11.9. The molecular weight excluding hydrogens is 683 g/mol. The first kappa shape index (κ1) is 30.9. The van der Waals surface area contributed by atoms with Crippen LogP contribution in [0.25, 0.3) is 116 Å². The maximum atomic E-state index is 6.76. The van der Waals surface area contributed by atoms with E-state index in [2.05, 4.69) is 193 Å². The molecule has 12 aromatic rings. The van der Waals surface area contributed by atoms with E-state index in [0.717, 1.165) is 71.7 Å². The zero-order valence-corrected chi connectivity index (χ0v) is 30.1. The minimum atomic E-state index is 0.673. The largest absolute Gasteiger partial charge is 0.452 e. The minimum absolute atomic E-state index is 0.673.